The summed E-state index contributed by atoms with van der Waals surface area (Å²) in [5.74, 6) is 1.93. The summed E-state index contributed by atoms with van der Waals surface area (Å²) >= 11 is 0. The number of fused-ring (bicyclic) bond motifs is 9. The first-order valence-corrected chi connectivity index (χ1v) is 19.1. The Morgan fingerprint density at radius 1 is 0.375 bits per heavy atom. The van der Waals surface area contributed by atoms with Gasteiger partial charge in [0.1, 0.15) is 11.2 Å². The van der Waals surface area contributed by atoms with Crippen molar-refractivity contribution in [2.45, 2.75) is 19.3 Å². The third-order valence-electron chi connectivity index (χ3n) is 11.5. The molecule has 10 aromatic rings. The molecular formula is C52H35N3O. The molecule has 1 aliphatic carbocycles. The molecule has 0 amide bonds. The fraction of sp³-hybridized carbons (Fsp3) is 0.0577. The largest absolute Gasteiger partial charge is 0.456 e. The highest BCUT2D eigenvalue weighted by Gasteiger charge is 2.38. The Kier molecular flexibility index (Phi) is 7.17. The molecule has 0 spiro atoms. The molecule has 4 nitrogen and oxygen atoms in total. The molecule has 8 aromatic carbocycles. The van der Waals surface area contributed by atoms with Crippen molar-refractivity contribution in [2.24, 2.45) is 0 Å². The van der Waals surface area contributed by atoms with E-state index in [1.54, 1.807) is 0 Å². The van der Waals surface area contributed by atoms with Crippen LogP contribution in [-0.2, 0) is 5.41 Å². The van der Waals surface area contributed by atoms with Gasteiger partial charge in [0, 0.05) is 32.9 Å². The lowest BCUT2D eigenvalue weighted by Gasteiger charge is -2.24. The van der Waals surface area contributed by atoms with Crippen LogP contribution in [0, 0.1) is 0 Å². The summed E-state index contributed by atoms with van der Waals surface area (Å²) < 4.78 is 6.67. The molecule has 0 saturated heterocycles. The number of hydrogen-bond donors (Lipinski definition) is 0. The van der Waals surface area contributed by atoms with Crippen LogP contribution in [-0.4, -0.2) is 15.0 Å². The van der Waals surface area contributed by atoms with Gasteiger partial charge < -0.3 is 4.42 Å². The van der Waals surface area contributed by atoms with Crippen LogP contribution in [0.4, 0.5) is 0 Å². The normalized spacial score (nSPS) is 13.0. The van der Waals surface area contributed by atoms with Crippen molar-refractivity contribution in [1.82, 2.24) is 15.0 Å². The third-order valence-corrected chi connectivity index (χ3v) is 11.5. The maximum atomic E-state index is 6.67. The molecule has 4 heteroatoms. The smallest absolute Gasteiger partial charge is 0.164 e. The molecule has 2 aromatic heterocycles. The number of furan rings is 1. The van der Waals surface area contributed by atoms with E-state index in [-0.39, 0.29) is 5.41 Å². The van der Waals surface area contributed by atoms with Gasteiger partial charge in [0.15, 0.2) is 17.5 Å². The first-order chi connectivity index (χ1) is 27.5. The number of rotatable bonds is 5. The van der Waals surface area contributed by atoms with Crippen molar-refractivity contribution in [1.29, 1.82) is 0 Å². The lowest BCUT2D eigenvalue weighted by Crippen LogP contribution is -2.15. The Morgan fingerprint density at radius 3 is 1.64 bits per heavy atom. The average molecular weight is 718 g/mol. The summed E-state index contributed by atoms with van der Waals surface area (Å²) in [5.41, 5.74) is 14.3. The van der Waals surface area contributed by atoms with Crippen molar-refractivity contribution in [3.05, 3.63) is 187 Å². The van der Waals surface area contributed by atoms with E-state index in [2.05, 4.69) is 129 Å². The molecular weight excluding hydrogens is 683 g/mol. The van der Waals surface area contributed by atoms with Crippen molar-refractivity contribution >= 4 is 32.7 Å². The van der Waals surface area contributed by atoms with Gasteiger partial charge in [-0.05, 0) is 79.5 Å². The molecule has 0 bridgehead atoms. The fourth-order valence-electron chi connectivity index (χ4n) is 8.87. The zero-order valence-corrected chi connectivity index (χ0v) is 31.0. The van der Waals surface area contributed by atoms with Crippen LogP contribution in [0.5, 0.6) is 0 Å². The Bertz CT molecular complexity index is 3100. The van der Waals surface area contributed by atoms with E-state index < -0.39 is 0 Å². The van der Waals surface area contributed by atoms with Crippen molar-refractivity contribution in [3.63, 3.8) is 0 Å². The first kappa shape index (κ1) is 32.3. The molecule has 0 atom stereocenters. The number of aromatic nitrogens is 3. The van der Waals surface area contributed by atoms with Crippen LogP contribution < -0.4 is 0 Å². The van der Waals surface area contributed by atoms with Gasteiger partial charge in [0.25, 0.3) is 0 Å². The Labute approximate surface area is 324 Å². The van der Waals surface area contributed by atoms with Gasteiger partial charge in [-0.15, -0.1) is 0 Å². The lowest BCUT2D eigenvalue weighted by atomic mass is 9.78. The minimum atomic E-state index is -0.187. The van der Waals surface area contributed by atoms with Crippen LogP contribution in [0.3, 0.4) is 0 Å². The van der Waals surface area contributed by atoms with Crippen LogP contribution >= 0.6 is 0 Å². The van der Waals surface area contributed by atoms with Crippen molar-refractivity contribution < 1.29 is 4.42 Å². The zero-order chi connectivity index (χ0) is 37.4. The summed E-state index contributed by atoms with van der Waals surface area (Å²) in [4.78, 5) is 14.9. The number of para-hydroxylation sites is 1. The topological polar surface area (TPSA) is 51.8 Å². The van der Waals surface area contributed by atoms with Gasteiger partial charge in [-0.25, -0.2) is 15.0 Å². The quantitative estimate of drug-likeness (QED) is 0.178. The van der Waals surface area contributed by atoms with E-state index in [4.69, 9.17) is 19.4 Å². The highest BCUT2D eigenvalue weighted by Crippen LogP contribution is 2.54. The van der Waals surface area contributed by atoms with Gasteiger partial charge in [-0.3, -0.25) is 0 Å². The second-order valence-corrected chi connectivity index (χ2v) is 15.2. The van der Waals surface area contributed by atoms with Crippen LogP contribution in [0.1, 0.15) is 25.0 Å². The second-order valence-electron chi connectivity index (χ2n) is 15.2. The molecule has 0 fully saturated rings. The lowest BCUT2D eigenvalue weighted by molar-refractivity contribution is 0.665. The molecule has 0 radical (unpaired) electrons. The molecule has 264 valence electrons. The molecule has 56 heavy (non-hydrogen) atoms. The van der Waals surface area contributed by atoms with Crippen molar-refractivity contribution in [3.8, 4) is 67.5 Å². The van der Waals surface area contributed by atoms with Gasteiger partial charge in [0.05, 0.1) is 0 Å². The molecule has 0 unspecified atom stereocenters. The first-order valence-electron chi connectivity index (χ1n) is 19.1. The third kappa shape index (κ3) is 5.03. The van der Waals surface area contributed by atoms with Crippen LogP contribution in [0.25, 0.3) is 100 Å². The summed E-state index contributed by atoms with van der Waals surface area (Å²) in [7, 11) is 0. The van der Waals surface area contributed by atoms with E-state index in [1.165, 1.54) is 38.4 Å². The Morgan fingerprint density at radius 2 is 0.929 bits per heavy atom. The van der Waals surface area contributed by atoms with Gasteiger partial charge in [-0.2, -0.15) is 0 Å². The molecule has 11 rings (SSSR count). The predicted molar refractivity (Wildman–Crippen MR) is 229 cm³/mol. The van der Waals surface area contributed by atoms with E-state index in [1.807, 2.05) is 60.7 Å². The maximum Gasteiger partial charge on any atom is 0.164 e. The molecule has 2 heterocycles. The predicted octanol–water partition coefficient (Wildman–Crippen LogP) is 13.6. The number of benzene rings is 8. The van der Waals surface area contributed by atoms with E-state index >= 15 is 0 Å². The average Bonchev–Trinajstić information content (AvgIpc) is 3.75. The summed E-state index contributed by atoms with van der Waals surface area (Å²) in [6.45, 7) is 4.73. The fourth-order valence-corrected chi connectivity index (χ4v) is 8.87. The van der Waals surface area contributed by atoms with Crippen LogP contribution in [0.15, 0.2) is 180 Å². The summed E-state index contributed by atoms with van der Waals surface area (Å²) in [5, 5.41) is 4.82. The minimum absolute atomic E-state index is 0.187. The molecule has 0 aliphatic heterocycles. The zero-order valence-electron chi connectivity index (χ0n) is 31.0. The van der Waals surface area contributed by atoms with E-state index in [0.717, 1.165) is 55.5 Å². The van der Waals surface area contributed by atoms with Crippen LogP contribution in [0.2, 0.25) is 0 Å². The maximum absolute atomic E-state index is 6.67. The van der Waals surface area contributed by atoms with E-state index in [9.17, 15) is 0 Å². The monoisotopic (exact) mass is 717 g/mol. The molecule has 1 aliphatic rings. The standard InChI is InChI=1S/C52H35N3O/c1-52(2)43-25-11-9-23-38(43)40-28-27-39-42(31-45-46(47(39)48(40)52)41-24-10-12-26-44(41)56-45)36-21-13-19-34(29-36)35-20-14-22-37(30-35)51-54-49(32-15-5-3-6-16-32)53-50(55-51)33-17-7-4-8-18-33/h3-31H,1-2H3. The Hall–Kier alpha value is -7.17. The summed E-state index contributed by atoms with van der Waals surface area (Å²) in [6, 6.07) is 61.8. The molecule has 0 saturated carbocycles. The van der Waals surface area contributed by atoms with Gasteiger partial charge >= 0.3 is 0 Å². The highest BCUT2D eigenvalue weighted by molar-refractivity contribution is 6.24. The number of hydrogen-bond acceptors (Lipinski definition) is 4. The van der Waals surface area contributed by atoms with Crippen molar-refractivity contribution in [2.75, 3.05) is 0 Å². The highest BCUT2D eigenvalue weighted by atomic mass is 16.3. The van der Waals surface area contributed by atoms with Gasteiger partial charge in [0.2, 0.25) is 0 Å². The Balaban J connectivity index is 1.08. The van der Waals surface area contributed by atoms with Gasteiger partial charge in [-0.1, -0.05) is 166 Å². The SMILES string of the molecule is CC1(C)c2ccccc2-c2ccc3c(-c4cccc(-c5cccc(-c6nc(-c7ccccc7)nc(-c7ccccc7)n6)c5)c4)cc4oc5ccccc5c4c3c21. The second kappa shape index (κ2) is 12.4. The molecule has 0 N–H and O–H groups in total. The number of nitrogens with zero attached hydrogens (tertiary/aromatic N) is 3. The minimum Gasteiger partial charge on any atom is -0.456 e. The van der Waals surface area contributed by atoms with E-state index in [0.29, 0.717) is 17.5 Å². The summed E-state index contributed by atoms with van der Waals surface area (Å²) in [6.07, 6.45) is 0.